The fourth-order valence-electron chi connectivity index (χ4n) is 2.26. The number of morpholine rings is 1. The van der Waals surface area contributed by atoms with Gasteiger partial charge >= 0.3 is 0 Å². The molecule has 0 unspecified atom stereocenters. The number of benzene rings is 1. The maximum Gasteiger partial charge on any atom is 0.269 e. The highest BCUT2D eigenvalue weighted by Gasteiger charge is 2.17. The highest BCUT2D eigenvalue weighted by Crippen LogP contribution is 2.18. The third-order valence-electron chi connectivity index (χ3n) is 3.52. The summed E-state index contributed by atoms with van der Waals surface area (Å²) >= 11 is 0. The van der Waals surface area contributed by atoms with E-state index in [-0.39, 0.29) is 17.5 Å². The second-order valence-electron chi connectivity index (χ2n) is 5.18. The van der Waals surface area contributed by atoms with E-state index < -0.39 is 10.7 Å². The molecule has 0 radical (unpaired) electrons. The van der Waals surface area contributed by atoms with E-state index in [0.717, 1.165) is 6.20 Å². The van der Waals surface area contributed by atoms with E-state index in [4.69, 9.17) is 4.74 Å². The van der Waals surface area contributed by atoms with Gasteiger partial charge in [-0.2, -0.15) is 10.1 Å². The summed E-state index contributed by atoms with van der Waals surface area (Å²) in [6.07, 6.45) is 2.55. The van der Waals surface area contributed by atoms with E-state index in [1.807, 2.05) is 0 Å². The van der Waals surface area contributed by atoms with Crippen molar-refractivity contribution in [1.29, 1.82) is 0 Å². The number of rotatable bonds is 5. The van der Waals surface area contributed by atoms with Crippen LogP contribution in [0.2, 0.25) is 0 Å². The number of aromatic nitrogens is 2. The summed E-state index contributed by atoms with van der Waals surface area (Å²) in [5.41, 5.74) is 3.29. The van der Waals surface area contributed by atoms with Gasteiger partial charge in [0.25, 0.3) is 5.69 Å². The monoisotopic (exact) mass is 346 g/mol. The topological polar surface area (TPSA) is 106 Å². The first-order valence-corrected chi connectivity index (χ1v) is 7.52. The van der Waals surface area contributed by atoms with Crippen LogP contribution in [0.25, 0.3) is 0 Å². The van der Waals surface area contributed by atoms with Gasteiger partial charge < -0.3 is 9.64 Å². The van der Waals surface area contributed by atoms with Crippen molar-refractivity contribution in [3.05, 3.63) is 52.0 Å². The molecular formula is C15H15FN6O3. The lowest BCUT2D eigenvalue weighted by Gasteiger charge is -2.27. The van der Waals surface area contributed by atoms with Gasteiger partial charge in [0.05, 0.1) is 30.5 Å². The average molecular weight is 346 g/mol. The number of ether oxygens (including phenoxy) is 1. The molecule has 0 aliphatic carbocycles. The Bertz CT molecular complexity index is 777. The Kier molecular flexibility index (Phi) is 5.09. The van der Waals surface area contributed by atoms with Crippen molar-refractivity contribution in [2.24, 2.45) is 5.10 Å². The SMILES string of the molecule is O=[N+]([O-])c1ccc(/C=N\Nc2ncc(F)c(N3CCOCC3)n2)cc1. The lowest BCUT2D eigenvalue weighted by molar-refractivity contribution is -0.384. The summed E-state index contributed by atoms with van der Waals surface area (Å²) in [7, 11) is 0. The summed E-state index contributed by atoms with van der Waals surface area (Å²) in [6.45, 7) is 2.15. The first kappa shape index (κ1) is 16.7. The lowest BCUT2D eigenvalue weighted by Crippen LogP contribution is -2.37. The van der Waals surface area contributed by atoms with Crippen LogP contribution in [0.15, 0.2) is 35.6 Å². The molecule has 0 saturated carbocycles. The Balaban J connectivity index is 1.67. The van der Waals surface area contributed by atoms with Crippen molar-refractivity contribution < 1.29 is 14.1 Å². The fraction of sp³-hybridized carbons (Fsp3) is 0.267. The maximum absolute atomic E-state index is 13.9. The Hall–Kier alpha value is -3.14. The number of nitrogens with one attached hydrogen (secondary N) is 1. The van der Waals surface area contributed by atoms with E-state index in [2.05, 4.69) is 20.5 Å². The molecule has 1 aliphatic rings. The molecule has 25 heavy (non-hydrogen) atoms. The maximum atomic E-state index is 13.9. The zero-order valence-corrected chi connectivity index (χ0v) is 13.1. The number of halogens is 1. The number of anilines is 2. The Morgan fingerprint density at radius 2 is 2.04 bits per heavy atom. The molecule has 3 rings (SSSR count). The van der Waals surface area contributed by atoms with Crippen LogP contribution in [-0.4, -0.2) is 47.4 Å². The molecule has 2 heterocycles. The summed E-state index contributed by atoms with van der Waals surface area (Å²) in [6, 6.07) is 5.89. The van der Waals surface area contributed by atoms with Crippen molar-refractivity contribution in [2.45, 2.75) is 0 Å². The van der Waals surface area contributed by atoms with Crippen LogP contribution in [0, 0.1) is 15.9 Å². The van der Waals surface area contributed by atoms with Gasteiger partial charge in [-0.05, 0) is 17.7 Å². The molecule has 1 saturated heterocycles. The van der Waals surface area contributed by atoms with E-state index >= 15 is 0 Å². The number of hydrazone groups is 1. The molecule has 9 nitrogen and oxygen atoms in total. The van der Waals surface area contributed by atoms with Gasteiger partial charge in [0, 0.05) is 25.2 Å². The normalized spacial score (nSPS) is 14.7. The van der Waals surface area contributed by atoms with Gasteiger partial charge in [-0.1, -0.05) is 0 Å². The van der Waals surface area contributed by atoms with Gasteiger partial charge in [-0.15, -0.1) is 0 Å². The second-order valence-corrected chi connectivity index (χ2v) is 5.18. The van der Waals surface area contributed by atoms with Crippen molar-refractivity contribution in [1.82, 2.24) is 9.97 Å². The fourth-order valence-corrected chi connectivity index (χ4v) is 2.26. The van der Waals surface area contributed by atoms with E-state index in [0.29, 0.717) is 31.9 Å². The van der Waals surface area contributed by atoms with Gasteiger partial charge in [0.2, 0.25) is 5.95 Å². The molecule has 130 valence electrons. The molecule has 0 spiro atoms. The predicted molar refractivity (Wildman–Crippen MR) is 89.3 cm³/mol. The third-order valence-corrected chi connectivity index (χ3v) is 3.52. The van der Waals surface area contributed by atoms with Crippen molar-refractivity contribution in [3.8, 4) is 0 Å². The smallest absolute Gasteiger partial charge is 0.269 e. The van der Waals surface area contributed by atoms with Gasteiger partial charge in [-0.3, -0.25) is 10.1 Å². The minimum absolute atomic E-state index is 0.00197. The lowest BCUT2D eigenvalue weighted by atomic mass is 10.2. The van der Waals surface area contributed by atoms with Crippen LogP contribution in [0.1, 0.15) is 5.56 Å². The minimum atomic E-state index is -0.508. The highest BCUT2D eigenvalue weighted by atomic mass is 19.1. The van der Waals surface area contributed by atoms with Crippen LogP contribution in [0.3, 0.4) is 0 Å². The number of nitro benzene ring substituents is 1. The number of non-ortho nitro benzene ring substituents is 1. The van der Waals surface area contributed by atoms with E-state index in [9.17, 15) is 14.5 Å². The molecule has 1 fully saturated rings. The number of hydrogen-bond donors (Lipinski definition) is 1. The Labute approximate surface area is 142 Å². The van der Waals surface area contributed by atoms with Gasteiger partial charge in [0.1, 0.15) is 0 Å². The summed E-state index contributed by atoms with van der Waals surface area (Å²) in [5.74, 6) is -0.154. The Morgan fingerprint density at radius 1 is 1.32 bits per heavy atom. The zero-order chi connectivity index (χ0) is 17.6. The highest BCUT2D eigenvalue weighted by molar-refractivity contribution is 5.80. The quantitative estimate of drug-likeness (QED) is 0.500. The molecule has 1 aromatic carbocycles. The van der Waals surface area contributed by atoms with Crippen LogP contribution < -0.4 is 10.3 Å². The standard InChI is InChI=1S/C15H15FN6O3/c16-13-10-17-15(19-14(13)21-5-7-25-8-6-21)20-18-9-11-1-3-12(4-2-11)22(23)24/h1-4,9-10H,5-8H2,(H,17,19,20)/b18-9-. The van der Waals surface area contributed by atoms with Crippen molar-refractivity contribution >= 4 is 23.7 Å². The molecule has 2 aromatic rings. The number of nitro groups is 1. The van der Waals surface area contributed by atoms with Gasteiger partial charge in [0.15, 0.2) is 11.6 Å². The minimum Gasteiger partial charge on any atom is -0.378 e. The summed E-state index contributed by atoms with van der Waals surface area (Å²) < 4.78 is 19.2. The molecule has 0 atom stereocenters. The second kappa shape index (κ2) is 7.62. The van der Waals surface area contributed by atoms with Crippen molar-refractivity contribution in [3.63, 3.8) is 0 Å². The van der Waals surface area contributed by atoms with Crippen LogP contribution in [-0.2, 0) is 4.74 Å². The van der Waals surface area contributed by atoms with Crippen LogP contribution in [0.5, 0.6) is 0 Å². The number of nitrogens with zero attached hydrogens (tertiary/aromatic N) is 5. The molecule has 10 heteroatoms. The summed E-state index contributed by atoms with van der Waals surface area (Å²) in [4.78, 5) is 19.9. The zero-order valence-electron chi connectivity index (χ0n) is 13.1. The first-order chi connectivity index (χ1) is 12.1. The van der Waals surface area contributed by atoms with Gasteiger partial charge in [-0.25, -0.2) is 14.8 Å². The van der Waals surface area contributed by atoms with Crippen LogP contribution in [0.4, 0.5) is 21.8 Å². The molecule has 1 N–H and O–H groups in total. The summed E-state index contributed by atoms with van der Waals surface area (Å²) in [5, 5.41) is 14.6. The molecule has 1 aromatic heterocycles. The largest absolute Gasteiger partial charge is 0.378 e. The van der Waals surface area contributed by atoms with Crippen LogP contribution >= 0.6 is 0 Å². The molecule has 0 bridgehead atoms. The molecule has 1 aliphatic heterocycles. The Morgan fingerprint density at radius 3 is 2.72 bits per heavy atom. The molecule has 0 amide bonds. The molecular weight excluding hydrogens is 331 g/mol. The number of hydrogen-bond acceptors (Lipinski definition) is 8. The first-order valence-electron chi connectivity index (χ1n) is 7.52. The predicted octanol–water partition coefficient (Wildman–Crippen LogP) is 1.81. The van der Waals surface area contributed by atoms with E-state index in [1.165, 1.54) is 18.3 Å². The van der Waals surface area contributed by atoms with Crippen molar-refractivity contribution in [2.75, 3.05) is 36.6 Å². The average Bonchev–Trinajstić information content (AvgIpc) is 2.64. The third kappa shape index (κ3) is 4.23. The van der Waals surface area contributed by atoms with E-state index in [1.54, 1.807) is 17.0 Å².